The Hall–Kier alpha value is -1.10. The van der Waals surface area contributed by atoms with E-state index in [1.165, 1.54) is 0 Å². The third-order valence-electron chi connectivity index (χ3n) is 3.02. The number of hydrogen-bond acceptors (Lipinski definition) is 4. The molecule has 0 saturated carbocycles. The number of aryl methyl sites for hydroxylation is 1. The minimum Gasteiger partial charge on any atom is -0.485 e. The summed E-state index contributed by atoms with van der Waals surface area (Å²) >= 11 is 7.94. The van der Waals surface area contributed by atoms with Crippen molar-refractivity contribution in [2.24, 2.45) is 0 Å². The van der Waals surface area contributed by atoms with E-state index in [-0.39, 0.29) is 0 Å². The standard InChI is InChI=1S/C16H21ClN2OS/c1-4-15-19-13(10-21-15)9-20-16-12(8-18-11(2)3)6-5-7-14(16)17/h5-7,10-11,18H,4,8-9H2,1-3H3. The summed E-state index contributed by atoms with van der Waals surface area (Å²) in [4.78, 5) is 4.51. The van der Waals surface area contributed by atoms with E-state index in [0.29, 0.717) is 17.7 Å². The summed E-state index contributed by atoms with van der Waals surface area (Å²) in [5.41, 5.74) is 2.03. The van der Waals surface area contributed by atoms with Crippen LogP contribution in [0.25, 0.3) is 0 Å². The number of nitrogens with one attached hydrogen (secondary N) is 1. The Balaban J connectivity index is 2.07. The van der Waals surface area contributed by atoms with Gasteiger partial charge in [-0.15, -0.1) is 11.3 Å². The van der Waals surface area contributed by atoms with Gasteiger partial charge in [0.1, 0.15) is 12.4 Å². The topological polar surface area (TPSA) is 34.1 Å². The average Bonchev–Trinajstić information content (AvgIpc) is 2.92. The quantitative estimate of drug-likeness (QED) is 0.817. The molecule has 1 N–H and O–H groups in total. The molecule has 3 nitrogen and oxygen atoms in total. The Morgan fingerprint density at radius 2 is 2.19 bits per heavy atom. The van der Waals surface area contributed by atoms with Gasteiger partial charge in [0.15, 0.2) is 0 Å². The van der Waals surface area contributed by atoms with Gasteiger partial charge in [-0.3, -0.25) is 0 Å². The lowest BCUT2D eigenvalue weighted by Crippen LogP contribution is -2.22. The second kappa shape index (κ2) is 7.78. The molecule has 21 heavy (non-hydrogen) atoms. The van der Waals surface area contributed by atoms with E-state index < -0.39 is 0 Å². The minimum absolute atomic E-state index is 0.419. The summed E-state index contributed by atoms with van der Waals surface area (Å²) < 4.78 is 5.92. The van der Waals surface area contributed by atoms with Crippen LogP contribution in [0.1, 0.15) is 37.0 Å². The second-order valence-corrected chi connectivity index (χ2v) is 6.49. The van der Waals surface area contributed by atoms with Gasteiger partial charge in [-0.05, 0) is 12.5 Å². The lowest BCUT2D eigenvalue weighted by molar-refractivity contribution is 0.298. The average molecular weight is 325 g/mol. The maximum Gasteiger partial charge on any atom is 0.142 e. The molecule has 114 valence electrons. The first kappa shape index (κ1) is 16.3. The molecule has 0 aliphatic heterocycles. The van der Waals surface area contributed by atoms with Crippen LogP contribution in [0.4, 0.5) is 0 Å². The number of nitrogens with zero attached hydrogens (tertiary/aromatic N) is 1. The summed E-state index contributed by atoms with van der Waals surface area (Å²) in [5, 5.41) is 7.21. The van der Waals surface area contributed by atoms with Crippen LogP contribution >= 0.6 is 22.9 Å². The van der Waals surface area contributed by atoms with Crippen LogP contribution in [0, 0.1) is 0 Å². The summed E-state index contributed by atoms with van der Waals surface area (Å²) in [6.45, 7) is 7.53. The fraction of sp³-hybridized carbons (Fsp3) is 0.438. The van der Waals surface area contributed by atoms with Gasteiger partial charge >= 0.3 is 0 Å². The largest absolute Gasteiger partial charge is 0.485 e. The lowest BCUT2D eigenvalue weighted by Gasteiger charge is -2.14. The first-order valence-electron chi connectivity index (χ1n) is 7.17. The van der Waals surface area contributed by atoms with Crippen molar-refractivity contribution < 1.29 is 4.74 Å². The predicted octanol–water partition coefficient (Wildman–Crippen LogP) is 4.44. The zero-order chi connectivity index (χ0) is 15.2. The molecule has 0 amide bonds. The van der Waals surface area contributed by atoms with Crippen molar-refractivity contribution >= 4 is 22.9 Å². The van der Waals surface area contributed by atoms with Crippen molar-refractivity contribution in [2.45, 2.75) is 46.4 Å². The van der Waals surface area contributed by atoms with Crippen molar-refractivity contribution in [3.63, 3.8) is 0 Å². The summed E-state index contributed by atoms with van der Waals surface area (Å²) in [5.74, 6) is 0.748. The highest BCUT2D eigenvalue weighted by Crippen LogP contribution is 2.29. The van der Waals surface area contributed by atoms with Gasteiger partial charge in [0.25, 0.3) is 0 Å². The van der Waals surface area contributed by atoms with Gasteiger partial charge < -0.3 is 10.1 Å². The number of ether oxygens (including phenoxy) is 1. The van der Waals surface area contributed by atoms with Crippen LogP contribution in [0.2, 0.25) is 5.02 Å². The molecule has 0 aliphatic carbocycles. The van der Waals surface area contributed by atoms with Gasteiger partial charge in [-0.2, -0.15) is 0 Å². The highest BCUT2D eigenvalue weighted by atomic mass is 35.5. The van der Waals surface area contributed by atoms with Crippen molar-refractivity contribution in [3.8, 4) is 5.75 Å². The molecule has 0 spiro atoms. The molecule has 0 fully saturated rings. The van der Waals surface area contributed by atoms with Crippen LogP contribution in [-0.4, -0.2) is 11.0 Å². The molecule has 0 saturated heterocycles. The number of halogens is 1. The summed E-state index contributed by atoms with van der Waals surface area (Å²) in [7, 11) is 0. The molecule has 0 atom stereocenters. The van der Waals surface area contributed by atoms with Gasteiger partial charge in [0.05, 0.1) is 15.7 Å². The van der Waals surface area contributed by atoms with Crippen molar-refractivity contribution in [3.05, 3.63) is 44.9 Å². The Morgan fingerprint density at radius 1 is 1.38 bits per heavy atom. The summed E-state index contributed by atoms with van der Waals surface area (Å²) in [6, 6.07) is 6.26. The van der Waals surface area contributed by atoms with Crippen LogP contribution in [0.15, 0.2) is 23.6 Å². The number of aromatic nitrogens is 1. The normalized spacial score (nSPS) is 11.1. The third kappa shape index (κ3) is 4.70. The minimum atomic E-state index is 0.419. The zero-order valence-corrected chi connectivity index (χ0v) is 14.2. The number of benzene rings is 1. The molecule has 0 aliphatic rings. The molecule has 0 radical (unpaired) electrons. The van der Waals surface area contributed by atoms with E-state index in [1.54, 1.807) is 11.3 Å². The van der Waals surface area contributed by atoms with Crippen LogP contribution in [-0.2, 0) is 19.6 Å². The van der Waals surface area contributed by atoms with Crippen LogP contribution in [0.3, 0.4) is 0 Å². The van der Waals surface area contributed by atoms with E-state index in [4.69, 9.17) is 16.3 Å². The van der Waals surface area contributed by atoms with Gasteiger partial charge in [-0.1, -0.05) is 44.5 Å². The van der Waals surface area contributed by atoms with Crippen molar-refractivity contribution in [1.29, 1.82) is 0 Å². The number of rotatable bonds is 7. The number of hydrogen-bond donors (Lipinski definition) is 1. The number of para-hydroxylation sites is 1. The van der Waals surface area contributed by atoms with Crippen LogP contribution in [0.5, 0.6) is 5.75 Å². The number of thiazole rings is 1. The molecule has 1 aromatic heterocycles. The molecule has 1 aromatic carbocycles. The Bertz CT molecular complexity index is 583. The van der Waals surface area contributed by atoms with E-state index in [2.05, 4.69) is 31.1 Å². The van der Waals surface area contributed by atoms with Crippen molar-refractivity contribution in [1.82, 2.24) is 10.3 Å². The maximum atomic E-state index is 6.27. The lowest BCUT2D eigenvalue weighted by atomic mass is 10.2. The smallest absolute Gasteiger partial charge is 0.142 e. The predicted molar refractivity (Wildman–Crippen MR) is 89.3 cm³/mol. The molecule has 5 heteroatoms. The SMILES string of the molecule is CCc1nc(COc2c(Cl)cccc2CNC(C)C)cs1. The molecular weight excluding hydrogens is 304 g/mol. The first-order chi connectivity index (χ1) is 10.1. The Labute approximate surface area is 135 Å². The second-order valence-electron chi connectivity index (χ2n) is 5.14. The highest BCUT2D eigenvalue weighted by Gasteiger charge is 2.10. The molecule has 2 aromatic rings. The fourth-order valence-electron chi connectivity index (χ4n) is 1.89. The monoisotopic (exact) mass is 324 g/mol. The fourth-order valence-corrected chi connectivity index (χ4v) is 2.87. The van der Waals surface area contributed by atoms with Crippen LogP contribution < -0.4 is 10.1 Å². The van der Waals surface area contributed by atoms with E-state index >= 15 is 0 Å². The maximum absolute atomic E-state index is 6.27. The Morgan fingerprint density at radius 3 is 2.86 bits per heavy atom. The zero-order valence-electron chi connectivity index (χ0n) is 12.6. The molecule has 0 unspecified atom stereocenters. The van der Waals surface area contributed by atoms with Gasteiger partial charge in [0, 0.05) is 23.5 Å². The summed E-state index contributed by atoms with van der Waals surface area (Å²) in [6.07, 6.45) is 0.959. The highest BCUT2D eigenvalue weighted by molar-refractivity contribution is 7.09. The molecule has 1 heterocycles. The van der Waals surface area contributed by atoms with E-state index in [9.17, 15) is 0 Å². The molecule has 0 bridgehead atoms. The van der Waals surface area contributed by atoms with E-state index in [1.807, 2.05) is 23.6 Å². The molecule has 2 rings (SSSR count). The molecular formula is C16H21ClN2OS. The van der Waals surface area contributed by atoms with Crippen molar-refractivity contribution in [2.75, 3.05) is 0 Å². The van der Waals surface area contributed by atoms with Gasteiger partial charge in [0.2, 0.25) is 0 Å². The first-order valence-corrected chi connectivity index (χ1v) is 8.42. The third-order valence-corrected chi connectivity index (χ3v) is 4.36. The Kier molecular flexibility index (Phi) is 6.03. The van der Waals surface area contributed by atoms with Gasteiger partial charge in [-0.25, -0.2) is 4.98 Å². The van der Waals surface area contributed by atoms with E-state index in [0.717, 1.165) is 35.0 Å².